The summed E-state index contributed by atoms with van der Waals surface area (Å²) >= 11 is 1.69. The van der Waals surface area contributed by atoms with Crippen molar-refractivity contribution in [1.29, 1.82) is 0 Å². The molecule has 3 rings (SSSR count). The summed E-state index contributed by atoms with van der Waals surface area (Å²) in [6, 6.07) is 18.4. The van der Waals surface area contributed by atoms with Gasteiger partial charge in [-0.3, -0.25) is 4.57 Å². The summed E-state index contributed by atoms with van der Waals surface area (Å²) in [6.45, 7) is 4.62. The van der Waals surface area contributed by atoms with E-state index in [0.29, 0.717) is 6.61 Å². The van der Waals surface area contributed by atoms with Crippen LogP contribution < -0.4 is 4.74 Å². The fourth-order valence-electron chi connectivity index (χ4n) is 2.31. The first-order valence-corrected chi connectivity index (χ1v) is 8.58. The van der Waals surface area contributed by atoms with Crippen LogP contribution in [0.2, 0.25) is 0 Å². The lowest BCUT2D eigenvalue weighted by Gasteiger charge is -2.09. The summed E-state index contributed by atoms with van der Waals surface area (Å²) in [5.41, 5.74) is 2.32. The monoisotopic (exact) mass is 325 g/mol. The molecule has 0 aliphatic carbocycles. The fraction of sp³-hybridized carbons (Fsp3) is 0.222. The van der Waals surface area contributed by atoms with E-state index < -0.39 is 0 Å². The number of ether oxygens (including phenoxy) is 1. The van der Waals surface area contributed by atoms with E-state index in [9.17, 15) is 0 Å². The van der Waals surface area contributed by atoms with Crippen molar-refractivity contribution in [3.05, 3.63) is 66.0 Å². The van der Waals surface area contributed by atoms with E-state index in [1.54, 1.807) is 11.8 Å². The summed E-state index contributed by atoms with van der Waals surface area (Å²) in [5, 5.41) is 9.43. The van der Waals surface area contributed by atoms with Crippen molar-refractivity contribution in [1.82, 2.24) is 14.8 Å². The molecule has 0 aliphatic rings. The standard InChI is InChI=1S/C18H19N3OS/c1-3-22-17-11-9-16(10-12-17)21-14(2)19-20-18(21)23-13-15-7-5-4-6-8-15/h4-12H,3,13H2,1-2H3. The molecule has 1 aromatic heterocycles. The minimum Gasteiger partial charge on any atom is -0.494 e. The number of thioether (sulfide) groups is 1. The second kappa shape index (κ2) is 7.33. The van der Waals surface area contributed by atoms with Gasteiger partial charge in [0.05, 0.1) is 6.61 Å². The van der Waals surface area contributed by atoms with Crippen LogP contribution in [0, 0.1) is 6.92 Å². The number of nitrogens with zero attached hydrogens (tertiary/aromatic N) is 3. The van der Waals surface area contributed by atoms with Crippen LogP contribution in [0.15, 0.2) is 59.8 Å². The highest BCUT2D eigenvalue weighted by atomic mass is 32.2. The number of aromatic nitrogens is 3. The van der Waals surface area contributed by atoms with Gasteiger partial charge in [0.1, 0.15) is 11.6 Å². The van der Waals surface area contributed by atoms with Crippen molar-refractivity contribution in [2.24, 2.45) is 0 Å². The maximum atomic E-state index is 5.50. The Hall–Kier alpha value is -2.27. The lowest BCUT2D eigenvalue weighted by Crippen LogP contribution is -2.00. The molecular formula is C18H19N3OS. The zero-order chi connectivity index (χ0) is 16.1. The summed E-state index contributed by atoms with van der Waals surface area (Å²) in [6.07, 6.45) is 0. The van der Waals surface area contributed by atoms with Crippen LogP contribution in [0.25, 0.3) is 5.69 Å². The molecule has 0 saturated carbocycles. The average Bonchev–Trinajstić information content (AvgIpc) is 2.96. The predicted molar refractivity (Wildman–Crippen MR) is 93.3 cm³/mol. The van der Waals surface area contributed by atoms with E-state index in [1.807, 2.05) is 44.2 Å². The van der Waals surface area contributed by atoms with Gasteiger partial charge in [0, 0.05) is 11.4 Å². The molecule has 23 heavy (non-hydrogen) atoms. The van der Waals surface area contributed by atoms with Gasteiger partial charge < -0.3 is 4.74 Å². The van der Waals surface area contributed by atoms with E-state index >= 15 is 0 Å². The number of benzene rings is 2. The van der Waals surface area contributed by atoms with Crippen molar-refractivity contribution in [2.45, 2.75) is 24.8 Å². The molecule has 0 unspecified atom stereocenters. The number of aryl methyl sites for hydroxylation is 1. The Morgan fingerprint density at radius 2 is 1.74 bits per heavy atom. The van der Waals surface area contributed by atoms with Gasteiger partial charge in [-0.2, -0.15) is 0 Å². The highest BCUT2D eigenvalue weighted by molar-refractivity contribution is 7.98. The first-order chi connectivity index (χ1) is 11.3. The summed E-state index contributed by atoms with van der Waals surface area (Å²) in [5.74, 6) is 2.63. The van der Waals surface area contributed by atoms with Gasteiger partial charge in [0.2, 0.25) is 0 Å². The molecule has 5 heteroatoms. The van der Waals surface area contributed by atoms with Gasteiger partial charge in [0.25, 0.3) is 0 Å². The van der Waals surface area contributed by atoms with E-state index in [-0.39, 0.29) is 0 Å². The normalized spacial score (nSPS) is 10.7. The van der Waals surface area contributed by atoms with Crippen LogP contribution >= 0.6 is 11.8 Å². The van der Waals surface area contributed by atoms with Gasteiger partial charge in [-0.1, -0.05) is 42.1 Å². The van der Waals surface area contributed by atoms with E-state index in [0.717, 1.165) is 28.2 Å². The lowest BCUT2D eigenvalue weighted by molar-refractivity contribution is 0.340. The second-order valence-corrected chi connectivity index (χ2v) is 6.01. The molecule has 0 bridgehead atoms. The molecule has 4 nitrogen and oxygen atoms in total. The van der Waals surface area contributed by atoms with Crippen molar-refractivity contribution >= 4 is 11.8 Å². The van der Waals surface area contributed by atoms with Gasteiger partial charge in [-0.05, 0) is 43.7 Å². The minimum atomic E-state index is 0.670. The zero-order valence-electron chi connectivity index (χ0n) is 13.3. The third kappa shape index (κ3) is 3.74. The van der Waals surface area contributed by atoms with Gasteiger partial charge >= 0.3 is 0 Å². The molecule has 0 spiro atoms. The molecule has 0 aliphatic heterocycles. The SMILES string of the molecule is CCOc1ccc(-n2c(C)nnc2SCc2ccccc2)cc1. The Morgan fingerprint density at radius 3 is 2.43 bits per heavy atom. The average molecular weight is 325 g/mol. The molecule has 3 aromatic rings. The maximum absolute atomic E-state index is 5.50. The number of hydrogen-bond acceptors (Lipinski definition) is 4. The van der Waals surface area contributed by atoms with Gasteiger partial charge in [0.15, 0.2) is 5.16 Å². The van der Waals surface area contributed by atoms with Crippen LogP contribution in [0.1, 0.15) is 18.3 Å². The van der Waals surface area contributed by atoms with Crippen LogP contribution in [0.4, 0.5) is 0 Å². The minimum absolute atomic E-state index is 0.670. The number of hydrogen-bond donors (Lipinski definition) is 0. The summed E-state index contributed by atoms with van der Waals surface area (Å²) in [7, 11) is 0. The topological polar surface area (TPSA) is 39.9 Å². The van der Waals surface area contributed by atoms with Crippen molar-refractivity contribution in [2.75, 3.05) is 6.61 Å². The molecule has 0 amide bonds. The highest BCUT2D eigenvalue weighted by Crippen LogP contribution is 2.26. The molecule has 2 aromatic carbocycles. The zero-order valence-corrected chi connectivity index (χ0v) is 14.1. The van der Waals surface area contributed by atoms with E-state index in [1.165, 1.54) is 5.56 Å². The first-order valence-electron chi connectivity index (χ1n) is 7.60. The van der Waals surface area contributed by atoms with Gasteiger partial charge in [-0.15, -0.1) is 10.2 Å². The molecule has 0 N–H and O–H groups in total. The first kappa shape index (κ1) is 15.6. The second-order valence-electron chi connectivity index (χ2n) is 5.07. The third-order valence-electron chi connectivity index (χ3n) is 3.41. The van der Waals surface area contributed by atoms with Crippen molar-refractivity contribution in [3.8, 4) is 11.4 Å². The van der Waals surface area contributed by atoms with Crippen molar-refractivity contribution in [3.63, 3.8) is 0 Å². The van der Waals surface area contributed by atoms with Crippen molar-refractivity contribution < 1.29 is 4.74 Å². The molecule has 1 heterocycles. The summed E-state index contributed by atoms with van der Waals surface area (Å²) < 4.78 is 7.57. The van der Waals surface area contributed by atoms with Crippen LogP contribution in [0.5, 0.6) is 5.75 Å². The highest BCUT2D eigenvalue weighted by Gasteiger charge is 2.11. The lowest BCUT2D eigenvalue weighted by atomic mass is 10.2. The quantitative estimate of drug-likeness (QED) is 0.635. The van der Waals surface area contributed by atoms with Crippen LogP contribution in [-0.4, -0.2) is 21.4 Å². The molecule has 0 atom stereocenters. The Morgan fingerprint density at radius 1 is 1.00 bits per heavy atom. The number of rotatable bonds is 6. The Balaban J connectivity index is 1.81. The summed E-state index contributed by atoms with van der Waals surface area (Å²) in [4.78, 5) is 0. The van der Waals surface area contributed by atoms with Crippen LogP contribution in [-0.2, 0) is 5.75 Å². The van der Waals surface area contributed by atoms with E-state index in [4.69, 9.17) is 4.74 Å². The molecule has 0 saturated heterocycles. The maximum Gasteiger partial charge on any atom is 0.196 e. The van der Waals surface area contributed by atoms with Gasteiger partial charge in [-0.25, -0.2) is 0 Å². The van der Waals surface area contributed by atoms with E-state index in [2.05, 4.69) is 39.0 Å². The molecule has 118 valence electrons. The predicted octanol–water partition coefficient (Wildman–Crippen LogP) is 4.27. The molecular weight excluding hydrogens is 306 g/mol. The largest absolute Gasteiger partial charge is 0.494 e. The molecule has 0 fully saturated rings. The smallest absolute Gasteiger partial charge is 0.196 e. The van der Waals surface area contributed by atoms with Crippen LogP contribution in [0.3, 0.4) is 0 Å². The third-order valence-corrected chi connectivity index (χ3v) is 4.41. The fourth-order valence-corrected chi connectivity index (χ4v) is 3.27. The Labute approximate surface area is 140 Å². The molecule has 0 radical (unpaired) electrons. The Bertz CT molecular complexity index is 754. The Kier molecular flexibility index (Phi) is 4.98.